The second kappa shape index (κ2) is 50.3. The lowest BCUT2D eigenvalue weighted by Gasteiger charge is -2.35. The van der Waals surface area contributed by atoms with E-state index >= 15 is 0 Å². The number of fused-ring (bicyclic) bond motifs is 3. The van der Waals surface area contributed by atoms with Crippen LogP contribution in [-0.2, 0) is 48.5 Å². The van der Waals surface area contributed by atoms with E-state index in [0.717, 1.165) is 11.8 Å². The van der Waals surface area contributed by atoms with E-state index in [1.807, 2.05) is 170 Å². The predicted molar refractivity (Wildman–Crippen MR) is 542 cm³/mol. The van der Waals surface area contributed by atoms with Crippen molar-refractivity contribution in [2.45, 2.75) is 77.4 Å². The number of sulfonamides is 1. The molecule has 12 rings (SSSR count). The van der Waals surface area contributed by atoms with Gasteiger partial charge in [-0.2, -0.15) is 0 Å². The van der Waals surface area contributed by atoms with Crippen LogP contribution in [0.1, 0.15) is 92.3 Å². The van der Waals surface area contributed by atoms with Crippen LogP contribution in [0, 0.1) is 0 Å². The highest BCUT2D eigenvalue weighted by Gasteiger charge is 2.36. The lowest BCUT2D eigenvalue weighted by molar-refractivity contribution is -0.135. The molecule has 35 heteroatoms. The van der Waals surface area contributed by atoms with Crippen LogP contribution in [-0.4, -0.2) is 266 Å². The third kappa shape index (κ3) is 28.9. The Morgan fingerprint density at radius 2 is 0.652 bits per heavy atom. The van der Waals surface area contributed by atoms with Gasteiger partial charge in [0, 0.05) is 66.5 Å². The van der Waals surface area contributed by atoms with Crippen LogP contribution in [0.25, 0.3) is 49.8 Å². The van der Waals surface area contributed by atoms with Crippen LogP contribution in [0.15, 0.2) is 215 Å². The van der Waals surface area contributed by atoms with Crippen LogP contribution in [0.4, 0.5) is 0 Å². The Labute approximate surface area is 819 Å². The molecule has 3 aromatic heterocycles. The number of rotatable bonds is 41. The van der Waals surface area contributed by atoms with E-state index in [2.05, 4.69) is 0 Å². The topological polar surface area (TPSA) is 290 Å². The van der Waals surface area contributed by atoms with Gasteiger partial charge in [-0.05, 0) is 265 Å². The van der Waals surface area contributed by atoms with Crippen LogP contribution >= 0.6 is 69.6 Å². The molecule has 3 unspecified atom stereocenters. The first-order valence-electron chi connectivity index (χ1n) is 44.3. The van der Waals surface area contributed by atoms with Gasteiger partial charge in [0.15, 0.2) is 0 Å². The molecule has 135 heavy (non-hydrogen) atoms. The number of amides is 4. The maximum atomic E-state index is 14.4. The molecule has 0 aliphatic heterocycles. The Hall–Kier alpha value is -10.9. The number of halogens is 6. The molecule has 3 heterocycles. The number of likely N-dealkylation sites (N-methyl/N-ethyl adjacent to an activating group) is 5. The molecule has 718 valence electrons. The predicted octanol–water partition coefficient (Wildman–Crippen LogP) is 15.3. The van der Waals surface area contributed by atoms with E-state index in [4.69, 9.17) is 105 Å². The second-order valence-corrected chi connectivity index (χ2v) is 38.0. The number of hydrogen-bond acceptors (Lipinski definition) is 20. The van der Waals surface area contributed by atoms with Crippen molar-refractivity contribution in [3.63, 3.8) is 0 Å². The first-order chi connectivity index (χ1) is 64.4. The van der Waals surface area contributed by atoms with Gasteiger partial charge in [0.05, 0.1) is 150 Å². The summed E-state index contributed by atoms with van der Waals surface area (Å²) in [7, 11) is 15.0. The maximum absolute atomic E-state index is 14.4. The molecule has 3 atom stereocenters. The lowest BCUT2D eigenvalue weighted by Crippen LogP contribution is -2.44. The van der Waals surface area contributed by atoms with E-state index < -0.39 is 28.1 Å². The largest absolute Gasteiger partial charge is 0.494 e. The zero-order valence-corrected chi connectivity index (χ0v) is 83.9. The van der Waals surface area contributed by atoms with Crippen molar-refractivity contribution < 1.29 is 41.8 Å². The molecular weight excluding hydrogens is 1860 g/mol. The van der Waals surface area contributed by atoms with Crippen LogP contribution < -0.4 is 36.6 Å². The van der Waals surface area contributed by atoms with Gasteiger partial charge < -0.3 is 59.1 Å². The Kier molecular flexibility index (Phi) is 39.5. The van der Waals surface area contributed by atoms with Gasteiger partial charge in [0.25, 0.3) is 16.7 Å². The quantitative estimate of drug-likeness (QED) is 0.0372. The summed E-state index contributed by atoms with van der Waals surface area (Å²) < 4.78 is 47.7. The summed E-state index contributed by atoms with van der Waals surface area (Å²) >= 11 is 37.2. The third-order valence-electron chi connectivity index (χ3n) is 22.3. The summed E-state index contributed by atoms with van der Waals surface area (Å²) in [6.45, 7) is 10.9. The molecular formula is C100H118Cl6N16O12S. The summed E-state index contributed by atoms with van der Waals surface area (Å²) in [5.41, 5.74) is 10.7. The number of nitrogens with zero attached hydrogens (tertiary/aromatic N) is 15. The lowest BCUT2D eigenvalue weighted by atomic mass is 10.1. The first kappa shape index (κ1) is 106. The molecule has 4 amide bonds. The smallest absolute Gasteiger partial charge is 0.266 e. The molecule has 0 saturated carbocycles. The Balaban J connectivity index is 0.000000210. The number of hydrogen-bond donors (Lipinski definition) is 1. The number of carbonyl (C=O) groups is 4. The Bertz CT molecular complexity index is 6390. The van der Waals surface area contributed by atoms with Crippen molar-refractivity contribution in [3.05, 3.63) is 296 Å². The first-order valence-corrected chi connectivity index (χ1v) is 48.4. The number of carbonyl (C=O) groups excluding carboxylic acids is 4. The van der Waals surface area contributed by atoms with Gasteiger partial charge in [-0.1, -0.05) is 124 Å². The second-order valence-electron chi connectivity index (χ2n) is 33.5. The molecule has 2 N–H and O–H groups in total. The van der Waals surface area contributed by atoms with Gasteiger partial charge in [-0.3, -0.25) is 47.3 Å². The fourth-order valence-corrected chi connectivity index (χ4v) is 16.6. The van der Waals surface area contributed by atoms with Crippen molar-refractivity contribution in [1.29, 1.82) is 0 Å². The normalized spacial score (nSPS) is 12.2. The minimum Gasteiger partial charge on any atom is -0.494 e. The van der Waals surface area contributed by atoms with Crippen LogP contribution in [0.3, 0.4) is 0 Å². The van der Waals surface area contributed by atoms with E-state index in [1.165, 1.54) is 15.9 Å². The summed E-state index contributed by atoms with van der Waals surface area (Å²) in [4.78, 5) is 128. The SMILES string of the molecule is CCOc1ccc(-n2c(C(CCN(C)C(=O)CN(C)C)N(CCN(C)C)C(=O)Cc3ccc(Cl)c(Cl)c3)nc3ccccc3c2=O)cc1.CCOc1ccc(-n2c(C(CCN(C)S(C)(=O)=O)N(CCN(C)C)C(=O)Cc3ccc(Cl)c(Cl)c3)nc3ccccc3c2=O)cc1.CCOc1ccc(-n2c(C(CCN)N(CCN(C)C)C(=O)Cc3ccc(Cl)c(Cl)c3)nc3ccccc3c2=O)cc1. The maximum Gasteiger partial charge on any atom is 0.266 e. The van der Waals surface area contributed by atoms with Crippen LogP contribution in [0.2, 0.25) is 30.1 Å². The van der Waals surface area contributed by atoms with Crippen molar-refractivity contribution in [1.82, 2.24) is 72.2 Å². The average molecular weight is 1980 g/mol. The van der Waals surface area contributed by atoms with Crippen molar-refractivity contribution in [2.75, 3.05) is 162 Å². The van der Waals surface area contributed by atoms with Crippen LogP contribution in [0.5, 0.6) is 17.2 Å². The molecule has 9 aromatic carbocycles. The molecule has 0 spiro atoms. The minimum atomic E-state index is -3.53. The van der Waals surface area contributed by atoms with Crippen molar-refractivity contribution >= 4 is 136 Å². The monoisotopic (exact) mass is 1980 g/mol. The van der Waals surface area contributed by atoms with Gasteiger partial charge in [0.2, 0.25) is 33.7 Å². The minimum absolute atomic E-state index is 0.00357. The summed E-state index contributed by atoms with van der Waals surface area (Å²) in [5.74, 6) is 2.56. The zero-order chi connectivity index (χ0) is 98.1. The zero-order valence-electron chi connectivity index (χ0n) is 78.6. The highest BCUT2D eigenvalue weighted by Crippen LogP contribution is 2.35. The van der Waals surface area contributed by atoms with E-state index in [9.17, 15) is 42.0 Å². The van der Waals surface area contributed by atoms with E-state index in [1.54, 1.807) is 163 Å². The molecule has 0 aliphatic carbocycles. The molecule has 0 aliphatic rings. The Morgan fingerprint density at radius 1 is 0.363 bits per heavy atom. The fourth-order valence-electron chi connectivity index (χ4n) is 15.2. The van der Waals surface area contributed by atoms with Crippen molar-refractivity contribution in [2.24, 2.45) is 5.73 Å². The van der Waals surface area contributed by atoms with E-state index in [0.29, 0.717) is 198 Å². The number of nitrogens with two attached hydrogens (primary N) is 1. The number of benzene rings is 9. The van der Waals surface area contributed by atoms with Gasteiger partial charge in [0.1, 0.15) is 34.7 Å². The highest BCUT2D eigenvalue weighted by molar-refractivity contribution is 7.88. The molecule has 0 saturated heterocycles. The van der Waals surface area contributed by atoms with Gasteiger partial charge in [-0.15, -0.1) is 0 Å². The molecule has 0 radical (unpaired) electrons. The Morgan fingerprint density at radius 3 is 0.919 bits per heavy atom. The summed E-state index contributed by atoms with van der Waals surface area (Å²) in [6, 6.07) is 56.4. The summed E-state index contributed by atoms with van der Waals surface area (Å²) in [6.07, 6.45) is 2.20. The molecule has 0 fully saturated rings. The van der Waals surface area contributed by atoms with Crippen molar-refractivity contribution in [3.8, 4) is 34.3 Å². The summed E-state index contributed by atoms with van der Waals surface area (Å²) in [5, 5.41) is 3.63. The number of aromatic nitrogens is 6. The average Bonchev–Trinajstić information content (AvgIpc) is 0.763. The fraction of sp³-hybridized carbons (Fsp3) is 0.360. The van der Waals surface area contributed by atoms with E-state index in [-0.39, 0.29) is 92.2 Å². The molecule has 12 aromatic rings. The standard InChI is InChI=1S/C36H44Cl2N6O4.C33H39Cl2N5O5S.C31H35Cl2N5O3/c1-7-48-27-15-13-26(14-16-27)44-35(39-31-11-9-8-10-28(31)36(44)47)32(18-19-42(6)34(46)24-41(4)5)43(21-20-40(2)3)33(45)23-25-12-17-29(37)30(38)22-25;1-6-45-25-14-12-24(13-15-25)40-32(36-29-10-8-7-9-26(29)33(40)42)30(17-18-38(4)46(5,43)44)39(20-19-37(2)3)31(41)22-23-11-16-27(34)28(35)21-23;1-4-41-23-12-10-22(11-13-23)38-30(35-27-8-6-5-7-24(27)31(38)40)28(15-16-34)37(18-17-36(2)3)29(39)20-21-9-14-25(32)26(33)19-21/h8-17,22,32H,7,18-21,23-24H2,1-6H3;7-16,21,30H,6,17-20,22H2,1-5H3;5-14,19,28H,4,15-18,20,34H2,1-3H3. The molecule has 0 bridgehead atoms. The number of para-hydroxylation sites is 3. The van der Waals surface area contributed by atoms with Gasteiger partial charge >= 0.3 is 0 Å². The van der Waals surface area contributed by atoms with Gasteiger partial charge in [-0.25, -0.2) is 27.7 Å². The third-order valence-corrected chi connectivity index (χ3v) is 25.9. The molecule has 28 nitrogen and oxygen atoms in total. The number of ether oxygens (including phenoxy) is 3. The highest BCUT2D eigenvalue weighted by atomic mass is 35.5.